The van der Waals surface area contributed by atoms with Gasteiger partial charge in [-0.25, -0.2) is 0 Å². The van der Waals surface area contributed by atoms with Gasteiger partial charge in [-0.05, 0) is 38.1 Å². The van der Waals surface area contributed by atoms with Gasteiger partial charge in [0, 0.05) is 5.56 Å². The van der Waals surface area contributed by atoms with Crippen molar-refractivity contribution in [2.75, 3.05) is 13.1 Å². The summed E-state index contributed by atoms with van der Waals surface area (Å²) in [5.74, 6) is 0.242. The van der Waals surface area contributed by atoms with Crippen LogP contribution in [0.3, 0.4) is 0 Å². The Labute approximate surface area is 84.1 Å². The molecule has 1 radical (unpaired) electrons. The van der Waals surface area contributed by atoms with Crippen molar-refractivity contribution in [3.8, 4) is 5.75 Å². The molecule has 1 aliphatic rings. The highest BCUT2D eigenvalue weighted by atomic mass is 16.3. The van der Waals surface area contributed by atoms with Crippen molar-refractivity contribution in [2.45, 2.75) is 19.0 Å². The first-order chi connectivity index (χ1) is 6.79. The lowest BCUT2D eigenvalue weighted by Gasteiger charge is -2.24. The van der Waals surface area contributed by atoms with Crippen molar-refractivity contribution in [3.05, 3.63) is 29.8 Å². The molecule has 1 unspecified atom stereocenters. The molecule has 1 aromatic rings. The maximum absolute atomic E-state index is 9.60. The minimum atomic E-state index is -0.174. The van der Waals surface area contributed by atoms with Gasteiger partial charge in [0.1, 0.15) is 5.75 Å². The van der Waals surface area contributed by atoms with Gasteiger partial charge < -0.3 is 10.8 Å². The van der Waals surface area contributed by atoms with E-state index in [4.69, 9.17) is 5.73 Å². The molecule has 0 aliphatic carbocycles. The molecule has 1 fully saturated rings. The highest BCUT2D eigenvalue weighted by Gasteiger charge is 2.21. The molecule has 3 heteroatoms. The minimum Gasteiger partial charge on any atom is -0.508 e. The van der Waals surface area contributed by atoms with E-state index in [1.807, 2.05) is 6.07 Å². The molecule has 1 saturated heterocycles. The third kappa shape index (κ3) is 1.74. The summed E-state index contributed by atoms with van der Waals surface area (Å²) in [6, 6.07) is 8.00. The lowest BCUT2D eigenvalue weighted by molar-refractivity contribution is 0.246. The van der Waals surface area contributed by atoms with Gasteiger partial charge in [0.25, 0.3) is 0 Å². The van der Waals surface area contributed by atoms with Crippen LogP contribution in [-0.2, 0) is 0 Å². The zero-order chi connectivity index (χ0) is 9.97. The van der Waals surface area contributed by atoms with Gasteiger partial charge in [-0.2, -0.15) is 0 Å². The van der Waals surface area contributed by atoms with Crippen LogP contribution < -0.4 is 5.73 Å². The van der Waals surface area contributed by atoms with Crippen molar-refractivity contribution < 1.29 is 5.11 Å². The van der Waals surface area contributed by atoms with Crippen LogP contribution in [0.25, 0.3) is 0 Å². The molecular weight excluding hydrogens is 176 g/mol. The van der Waals surface area contributed by atoms with Gasteiger partial charge in [0.2, 0.25) is 0 Å². The highest BCUT2D eigenvalue weighted by Crippen LogP contribution is 2.26. The van der Waals surface area contributed by atoms with Crippen LogP contribution in [0.5, 0.6) is 5.75 Å². The molecule has 0 bridgehead atoms. The smallest absolute Gasteiger partial charge is 0.122 e. The van der Waals surface area contributed by atoms with E-state index in [1.54, 1.807) is 12.1 Å². The van der Waals surface area contributed by atoms with Gasteiger partial charge >= 0.3 is 0 Å². The summed E-state index contributed by atoms with van der Waals surface area (Å²) in [5, 5.41) is 9.60. The van der Waals surface area contributed by atoms with E-state index >= 15 is 0 Å². The Balaban J connectivity index is 2.17. The van der Waals surface area contributed by atoms with E-state index in [0.29, 0.717) is 0 Å². The summed E-state index contributed by atoms with van der Waals surface area (Å²) in [6.07, 6.45) is 2.23. The molecule has 1 aromatic carbocycles. The number of phenols is 1. The zero-order valence-electron chi connectivity index (χ0n) is 8.11. The third-order valence-corrected chi connectivity index (χ3v) is 2.73. The second-order valence-corrected chi connectivity index (χ2v) is 3.67. The first-order valence-electron chi connectivity index (χ1n) is 4.97. The second-order valence-electron chi connectivity index (χ2n) is 3.67. The van der Waals surface area contributed by atoms with Crippen LogP contribution in [0.1, 0.15) is 24.6 Å². The van der Waals surface area contributed by atoms with E-state index in [0.717, 1.165) is 18.7 Å². The molecule has 1 aliphatic heterocycles. The standard InChI is InChI=1S/C11H15N2O/c12-11(13-7-3-4-8-13)9-5-1-2-6-10(9)14/h1,5-6,11,14H,3-4,7-8,12H2. The molecule has 1 atom stereocenters. The first kappa shape index (κ1) is 9.49. The lowest BCUT2D eigenvalue weighted by Crippen LogP contribution is -2.31. The number of nitrogens with two attached hydrogens (primary N) is 1. The van der Waals surface area contributed by atoms with E-state index in [1.165, 1.54) is 12.8 Å². The summed E-state index contributed by atoms with van der Waals surface area (Å²) in [7, 11) is 0. The summed E-state index contributed by atoms with van der Waals surface area (Å²) >= 11 is 0. The van der Waals surface area contributed by atoms with Crippen LogP contribution in [0, 0.1) is 6.07 Å². The first-order valence-corrected chi connectivity index (χ1v) is 4.97. The fraction of sp³-hybridized carbons (Fsp3) is 0.455. The van der Waals surface area contributed by atoms with E-state index in [-0.39, 0.29) is 11.9 Å². The number of nitrogens with zero attached hydrogens (tertiary/aromatic N) is 1. The lowest BCUT2D eigenvalue weighted by atomic mass is 10.1. The summed E-state index contributed by atoms with van der Waals surface area (Å²) in [6.45, 7) is 2.05. The summed E-state index contributed by atoms with van der Waals surface area (Å²) in [4.78, 5) is 2.19. The fourth-order valence-electron chi connectivity index (χ4n) is 1.90. The largest absolute Gasteiger partial charge is 0.508 e. The van der Waals surface area contributed by atoms with Gasteiger partial charge in [0.15, 0.2) is 0 Å². The van der Waals surface area contributed by atoms with Gasteiger partial charge in [-0.1, -0.05) is 12.1 Å². The number of phenolic OH excluding ortho intramolecular Hbond substituents is 1. The Bertz CT molecular complexity index is 308. The van der Waals surface area contributed by atoms with Gasteiger partial charge in [-0.3, -0.25) is 4.90 Å². The molecule has 0 saturated carbocycles. The van der Waals surface area contributed by atoms with Gasteiger partial charge in [0.05, 0.1) is 6.17 Å². The Kier molecular flexibility index (Phi) is 2.70. The average Bonchev–Trinajstić information content (AvgIpc) is 2.70. The maximum Gasteiger partial charge on any atom is 0.122 e. The number of rotatable bonds is 2. The fourth-order valence-corrected chi connectivity index (χ4v) is 1.90. The van der Waals surface area contributed by atoms with Crippen LogP contribution in [0.4, 0.5) is 0 Å². The monoisotopic (exact) mass is 191 g/mol. The Morgan fingerprint density at radius 3 is 2.79 bits per heavy atom. The van der Waals surface area contributed by atoms with Crippen LogP contribution in [0.15, 0.2) is 18.2 Å². The number of benzene rings is 1. The molecule has 0 spiro atoms. The SMILES string of the molecule is NC(c1cc[c]cc1O)N1CCCC1. The van der Waals surface area contributed by atoms with Crippen LogP contribution in [0.2, 0.25) is 0 Å². The number of aromatic hydroxyl groups is 1. The maximum atomic E-state index is 9.60. The van der Waals surface area contributed by atoms with Crippen molar-refractivity contribution in [1.82, 2.24) is 4.90 Å². The van der Waals surface area contributed by atoms with Gasteiger partial charge in [-0.15, -0.1) is 0 Å². The van der Waals surface area contributed by atoms with E-state index in [9.17, 15) is 5.11 Å². The minimum absolute atomic E-state index is 0.174. The Morgan fingerprint density at radius 2 is 2.14 bits per heavy atom. The van der Waals surface area contributed by atoms with Crippen LogP contribution in [-0.4, -0.2) is 23.1 Å². The quantitative estimate of drug-likeness (QED) is 0.739. The van der Waals surface area contributed by atoms with Crippen molar-refractivity contribution in [2.24, 2.45) is 5.73 Å². The summed E-state index contributed by atoms with van der Waals surface area (Å²) < 4.78 is 0. The predicted octanol–water partition coefficient (Wildman–Crippen LogP) is 1.25. The topological polar surface area (TPSA) is 49.5 Å². The van der Waals surface area contributed by atoms with E-state index in [2.05, 4.69) is 11.0 Å². The zero-order valence-corrected chi connectivity index (χ0v) is 8.11. The van der Waals surface area contributed by atoms with Crippen LogP contribution >= 0.6 is 0 Å². The normalized spacial score (nSPS) is 19.8. The molecule has 3 N–H and O–H groups in total. The van der Waals surface area contributed by atoms with Crippen molar-refractivity contribution in [1.29, 1.82) is 0 Å². The molecule has 0 amide bonds. The number of hydrogen-bond donors (Lipinski definition) is 2. The number of likely N-dealkylation sites (tertiary alicyclic amines) is 1. The molecule has 1 heterocycles. The molecule has 2 rings (SSSR count). The molecular formula is C11H15N2O. The highest BCUT2D eigenvalue weighted by molar-refractivity contribution is 5.33. The average molecular weight is 191 g/mol. The molecule has 75 valence electrons. The molecule has 3 nitrogen and oxygen atoms in total. The predicted molar refractivity (Wildman–Crippen MR) is 54.7 cm³/mol. The molecule has 14 heavy (non-hydrogen) atoms. The third-order valence-electron chi connectivity index (χ3n) is 2.73. The van der Waals surface area contributed by atoms with Crippen molar-refractivity contribution in [3.63, 3.8) is 0 Å². The summed E-state index contributed by atoms with van der Waals surface area (Å²) in [5.41, 5.74) is 6.85. The Morgan fingerprint density at radius 1 is 1.43 bits per heavy atom. The van der Waals surface area contributed by atoms with Crippen molar-refractivity contribution >= 4 is 0 Å². The van der Waals surface area contributed by atoms with E-state index < -0.39 is 0 Å². The second kappa shape index (κ2) is 3.98. The Hall–Kier alpha value is -1.06. The number of hydrogen-bond acceptors (Lipinski definition) is 3. The molecule has 0 aromatic heterocycles.